The lowest BCUT2D eigenvalue weighted by molar-refractivity contribution is -0.118. The van der Waals surface area contributed by atoms with Crippen LogP contribution in [0.25, 0.3) is 22.3 Å². The number of rotatable bonds is 20. The van der Waals surface area contributed by atoms with E-state index in [1.165, 1.54) is 19.0 Å². The molecule has 4 aromatic heterocycles. The number of imidazole rings is 2. The molecule has 5 heterocycles. The number of phosphoric acid groups is 1. The average Bonchev–Trinajstić information content (AvgIpc) is 4.12. The molecule has 76 heavy (non-hydrogen) atoms. The van der Waals surface area contributed by atoms with Crippen molar-refractivity contribution in [3.63, 3.8) is 0 Å². The normalized spacial score (nSPS) is 23.2. The van der Waals surface area contributed by atoms with Gasteiger partial charge in [0, 0.05) is 17.4 Å². The topological polar surface area (TPSA) is 328 Å². The summed E-state index contributed by atoms with van der Waals surface area (Å²) < 4.78 is 63.3. The van der Waals surface area contributed by atoms with Gasteiger partial charge in [-0.05, 0) is 54.8 Å². The molecule has 5 N–H and O–H groups in total. The van der Waals surface area contributed by atoms with E-state index in [4.69, 9.17) is 31.9 Å². The molecule has 1 aromatic carbocycles. The molecule has 2 fully saturated rings. The van der Waals surface area contributed by atoms with Gasteiger partial charge in [0.15, 0.2) is 51.0 Å². The number of benzene rings is 1. The SMILES string of the molecule is CC(C)C(=O)Nc1nc2c(ncn2[C@@H]2C[C@H](COP(=O)(OCCC#N)O[C@H]3[C@@H](O[Si](C)(C)C(C)(C)C)[C@H](n4cnc5c(NC(=O)c6ccccc6)ncnc54)O[C@@H]3CO)[C@@H](OC(=O)O)[C@H]2O[Si](C)(C)C(C)(C)C)c(=O)[nH]1. The van der Waals surface area contributed by atoms with Gasteiger partial charge in [0.25, 0.3) is 11.5 Å². The number of nitrogens with zero attached hydrogens (tertiary/aromatic N) is 8. The number of hydrogen-bond acceptors (Lipinski definition) is 19. The first-order valence-electron chi connectivity index (χ1n) is 24.9. The van der Waals surface area contributed by atoms with E-state index in [2.05, 4.69) is 40.5 Å². The Labute approximate surface area is 441 Å². The van der Waals surface area contributed by atoms with Crippen molar-refractivity contribution in [1.29, 1.82) is 5.26 Å². The van der Waals surface area contributed by atoms with Gasteiger partial charge in [0.05, 0.1) is 51.0 Å². The van der Waals surface area contributed by atoms with Crippen LogP contribution in [0.1, 0.15) is 90.9 Å². The lowest BCUT2D eigenvalue weighted by Crippen LogP contribution is -2.49. The number of carbonyl (C=O) groups is 3. The lowest BCUT2D eigenvalue weighted by Gasteiger charge is -2.41. The van der Waals surface area contributed by atoms with Crippen LogP contribution >= 0.6 is 7.82 Å². The number of hydrogen-bond donors (Lipinski definition) is 5. The summed E-state index contributed by atoms with van der Waals surface area (Å²) in [6.45, 7) is 21.7. The maximum Gasteiger partial charge on any atom is 0.506 e. The molecule has 7 rings (SSSR count). The van der Waals surface area contributed by atoms with Crippen molar-refractivity contribution in [1.82, 2.24) is 39.0 Å². The monoisotopic (exact) mass is 1110 g/mol. The third-order valence-electron chi connectivity index (χ3n) is 14.5. The van der Waals surface area contributed by atoms with Gasteiger partial charge in [-0.1, -0.05) is 73.6 Å². The number of aliphatic hydroxyl groups is 1. The quantitative estimate of drug-likeness (QED) is 0.0217. The number of H-pyrrole nitrogens is 1. The number of ether oxygens (including phenoxy) is 2. The van der Waals surface area contributed by atoms with Gasteiger partial charge >= 0.3 is 14.0 Å². The van der Waals surface area contributed by atoms with Crippen LogP contribution in [0.4, 0.5) is 16.6 Å². The van der Waals surface area contributed by atoms with E-state index in [0.29, 0.717) is 5.56 Å². The van der Waals surface area contributed by atoms with Gasteiger partial charge in [-0.3, -0.25) is 42.8 Å². The number of aliphatic hydroxyl groups excluding tert-OH is 1. The van der Waals surface area contributed by atoms with Crippen molar-refractivity contribution in [2.24, 2.45) is 11.8 Å². The molecule has 412 valence electrons. The predicted octanol–water partition coefficient (Wildman–Crippen LogP) is 7.54. The highest BCUT2D eigenvalue weighted by molar-refractivity contribution is 7.48. The van der Waals surface area contributed by atoms with Crippen LogP contribution < -0.4 is 16.2 Å². The van der Waals surface area contributed by atoms with Crippen LogP contribution in [0.5, 0.6) is 0 Å². The Balaban J connectivity index is 1.26. The fourth-order valence-corrected chi connectivity index (χ4v) is 12.4. The van der Waals surface area contributed by atoms with E-state index in [9.17, 15) is 34.7 Å². The maximum absolute atomic E-state index is 15.4. The van der Waals surface area contributed by atoms with Crippen molar-refractivity contribution in [3.8, 4) is 6.07 Å². The van der Waals surface area contributed by atoms with E-state index in [0.717, 1.165) is 0 Å². The summed E-state index contributed by atoms with van der Waals surface area (Å²) in [5, 5.41) is 35.5. The standard InChI is InChI=1S/C48H68N11O14PSi2/c1-27(2)41(61)56-45-55-40-33(43(63)57-45)53-25-58(40)30-21-29(34(70-46(64)65)35(30)72-75(9,10)47(3,4)5)23-68-74(66,67-20-16-19-49)71-36-31(22-60)69-44(37(36)73-76(11,12)48(6,7)8)59-26-52-32-38(50-24-51-39(32)59)54-42(62)28-17-14-13-15-18-28/h13-15,17-18,24-27,29-31,34-37,44,60H,16,20-23H2,1-12H3,(H,64,65)(H,50,51,54,62)(H2,55,56,57,61,63)/t29-,30-,31-,34-,35+,36-,37-,44-,74?/m1/s1. The Morgan fingerprint density at radius 2 is 1.54 bits per heavy atom. The molecule has 5 aromatic rings. The highest BCUT2D eigenvalue weighted by Gasteiger charge is 2.56. The molecule has 1 aliphatic carbocycles. The van der Waals surface area contributed by atoms with Gasteiger partial charge in [-0.2, -0.15) is 10.2 Å². The zero-order chi connectivity index (χ0) is 55.7. The summed E-state index contributed by atoms with van der Waals surface area (Å²) in [6, 6.07) is 9.65. The fourth-order valence-electron chi connectivity index (χ4n) is 8.32. The molecule has 2 amide bonds. The Bertz CT molecular complexity index is 3060. The van der Waals surface area contributed by atoms with Crippen LogP contribution in [-0.4, -0.2) is 134 Å². The second-order valence-corrected chi connectivity index (χ2v) is 33.3. The third-order valence-corrected chi connectivity index (χ3v) is 24.9. The van der Waals surface area contributed by atoms with Crippen LogP contribution in [0, 0.1) is 23.2 Å². The van der Waals surface area contributed by atoms with Gasteiger partial charge < -0.3 is 38.4 Å². The first-order chi connectivity index (χ1) is 35.6. The van der Waals surface area contributed by atoms with Crippen molar-refractivity contribution in [2.75, 3.05) is 30.5 Å². The largest absolute Gasteiger partial charge is 0.506 e. The van der Waals surface area contributed by atoms with Crippen molar-refractivity contribution in [2.45, 2.75) is 147 Å². The van der Waals surface area contributed by atoms with E-state index < -0.39 is 133 Å². The van der Waals surface area contributed by atoms with E-state index in [-0.39, 0.29) is 46.9 Å². The Morgan fingerprint density at radius 3 is 2.16 bits per heavy atom. The van der Waals surface area contributed by atoms with Gasteiger partial charge in [-0.15, -0.1) is 0 Å². The minimum Gasteiger partial charge on any atom is -0.450 e. The first kappa shape index (κ1) is 57.9. The molecule has 0 spiro atoms. The average molecular weight is 1110 g/mol. The molecular formula is C48H68N11O14PSi2. The third kappa shape index (κ3) is 12.5. The zero-order valence-electron chi connectivity index (χ0n) is 44.7. The number of amides is 2. The number of nitrogens with one attached hydrogen (secondary N) is 3. The van der Waals surface area contributed by atoms with E-state index in [1.807, 2.05) is 73.8 Å². The number of carbonyl (C=O) groups excluding carboxylic acids is 2. The van der Waals surface area contributed by atoms with Gasteiger partial charge in [0.2, 0.25) is 11.9 Å². The molecule has 0 radical (unpaired) electrons. The van der Waals surface area contributed by atoms with Gasteiger partial charge in [0.1, 0.15) is 36.8 Å². The minimum atomic E-state index is -4.91. The summed E-state index contributed by atoms with van der Waals surface area (Å²) in [7, 11) is -10.6. The summed E-state index contributed by atoms with van der Waals surface area (Å²) in [6.07, 6.45) is -5.20. The Hall–Kier alpha value is -5.80. The fraction of sp³-hybridized carbons (Fsp3) is 0.583. The van der Waals surface area contributed by atoms with Crippen LogP contribution in [-0.2, 0) is 41.3 Å². The van der Waals surface area contributed by atoms with Crippen molar-refractivity contribution >= 4 is 76.5 Å². The van der Waals surface area contributed by atoms with Crippen LogP contribution in [0.15, 0.2) is 54.1 Å². The first-order valence-corrected chi connectivity index (χ1v) is 32.1. The molecule has 28 heteroatoms. The number of carboxylic acid groups (broad SMARTS) is 1. The number of anilines is 2. The molecule has 1 unspecified atom stereocenters. The summed E-state index contributed by atoms with van der Waals surface area (Å²) >= 11 is 0. The molecule has 2 aliphatic rings. The molecular weight excluding hydrogens is 1040 g/mol. The van der Waals surface area contributed by atoms with Crippen molar-refractivity contribution in [3.05, 3.63) is 65.2 Å². The Kier molecular flexibility index (Phi) is 17.3. The molecule has 0 bridgehead atoms. The molecule has 1 aliphatic heterocycles. The highest BCUT2D eigenvalue weighted by atomic mass is 31.2. The number of fused-ring (bicyclic) bond motifs is 2. The number of nitriles is 1. The number of aromatic nitrogens is 8. The summed E-state index contributed by atoms with van der Waals surface area (Å²) in [5.41, 5.74) is 0.150. The molecule has 25 nitrogen and oxygen atoms in total. The molecule has 9 atom stereocenters. The van der Waals surface area contributed by atoms with Crippen LogP contribution in [0.2, 0.25) is 36.3 Å². The number of aromatic amines is 1. The smallest absolute Gasteiger partial charge is 0.450 e. The zero-order valence-corrected chi connectivity index (χ0v) is 47.6. The Morgan fingerprint density at radius 1 is 0.895 bits per heavy atom. The number of phosphoric ester groups is 1. The van der Waals surface area contributed by atoms with E-state index >= 15 is 4.57 Å². The summed E-state index contributed by atoms with van der Waals surface area (Å²) in [5.74, 6) is -2.28. The maximum atomic E-state index is 15.4. The second-order valence-electron chi connectivity index (χ2n) is 22.1. The van der Waals surface area contributed by atoms with Gasteiger partial charge in [-0.25, -0.2) is 29.3 Å². The van der Waals surface area contributed by atoms with Crippen molar-refractivity contribution < 1.29 is 61.1 Å². The van der Waals surface area contributed by atoms with E-state index in [1.54, 1.807) is 53.3 Å². The summed E-state index contributed by atoms with van der Waals surface area (Å²) in [4.78, 5) is 76.8. The molecule has 1 saturated carbocycles. The predicted molar refractivity (Wildman–Crippen MR) is 281 cm³/mol. The minimum absolute atomic E-state index is 0.0113. The second kappa shape index (κ2) is 22.7. The highest BCUT2D eigenvalue weighted by Crippen LogP contribution is 2.56. The van der Waals surface area contributed by atoms with Crippen LogP contribution in [0.3, 0.4) is 0 Å². The lowest BCUT2D eigenvalue weighted by atomic mass is 10.1. The molecule has 1 saturated heterocycles.